The lowest BCUT2D eigenvalue weighted by Crippen LogP contribution is -2.46. The second-order valence-corrected chi connectivity index (χ2v) is 4.32. The SMILES string of the molecule is CCCC1OC(=O)C1Cc1ccc(N)cc1. The van der Waals surface area contributed by atoms with Crippen LogP contribution in [0, 0.1) is 5.92 Å². The predicted molar refractivity (Wildman–Crippen MR) is 62.8 cm³/mol. The van der Waals surface area contributed by atoms with Crippen LogP contribution in [-0.4, -0.2) is 12.1 Å². The Bertz CT molecular complexity index is 372. The Morgan fingerprint density at radius 2 is 2.00 bits per heavy atom. The highest BCUT2D eigenvalue weighted by Gasteiger charge is 2.41. The second-order valence-electron chi connectivity index (χ2n) is 4.32. The molecule has 1 aliphatic rings. The molecule has 2 rings (SSSR count). The summed E-state index contributed by atoms with van der Waals surface area (Å²) in [6, 6.07) is 7.69. The van der Waals surface area contributed by atoms with Gasteiger partial charge in [-0.1, -0.05) is 25.5 Å². The standard InChI is InChI=1S/C13H17NO2/c1-2-3-12-11(13(15)16-12)8-9-4-6-10(14)7-5-9/h4-7,11-12H,2-3,8,14H2,1H3. The highest BCUT2D eigenvalue weighted by Crippen LogP contribution is 2.29. The largest absolute Gasteiger partial charge is 0.461 e. The van der Waals surface area contributed by atoms with E-state index in [1.807, 2.05) is 24.3 Å². The molecule has 16 heavy (non-hydrogen) atoms. The normalized spacial score (nSPS) is 23.7. The summed E-state index contributed by atoms with van der Waals surface area (Å²) in [5.74, 6) is -0.0150. The van der Waals surface area contributed by atoms with Crippen molar-refractivity contribution >= 4 is 11.7 Å². The molecule has 1 saturated heterocycles. The first kappa shape index (κ1) is 11.0. The predicted octanol–water partition coefficient (Wildman–Crippen LogP) is 2.15. The Kier molecular flexibility index (Phi) is 3.13. The van der Waals surface area contributed by atoms with E-state index < -0.39 is 0 Å². The fourth-order valence-electron chi connectivity index (χ4n) is 2.07. The number of ether oxygens (including phenoxy) is 1. The first-order valence-electron chi connectivity index (χ1n) is 5.75. The zero-order valence-corrected chi connectivity index (χ0v) is 9.48. The van der Waals surface area contributed by atoms with Crippen molar-refractivity contribution < 1.29 is 9.53 Å². The lowest BCUT2D eigenvalue weighted by atomic mass is 9.87. The molecule has 1 fully saturated rings. The lowest BCUT2D eigenvalue weighted by Gasteiger charge is -2.35. The van der Waals surface area contributed by atoms with Gasteiger partial charge < -0.3 is 10.5 Å². The molecule has 2 unspecified atom stereocenters. The van der Waals surface area contributed by atoms with E-state index in [4.69, 9.17) is 10.5 Å². The number of carbonyl (C=O) groups excluding carboxylic acids is 1. The molecular formula is C13H17NO2. The van der Waals surface area contributed by atoms with Gasteiger partial charge in [-0.2, -0.15) is 0 Å². The van der Waals surface area contributed by atoms with Gasteiger partial charge in [-0.15, -0.1) is 0 Å². The lowest BCUT2D eigenvalue weighted by molar-refractivity contribution is -0.185. The van der Waals surface area contributed by atoms with Crippen molar-refractivity contribution in [3.05, 3.63) is 29.8 Å². The first-order chi connectivity index (χ1) is 7.70. The molecule has 0 bridgehead atoms. The van der Waals surface area contributed by atoms with Crippen molar-refractivity contribution in [2.75, 3.05) is 5.73 Å². The molecule has 0 amide bonds. The van der Waals surface area contributed by atoms with Crippen molar-refractivity contribution in [1.82, 2.24) is 0 Å². The van der Waals surface area contributed by atoms with E-state index >= 15 is 0 Å². The van der Waals surface area contributed by atoms with Gasteiger partial charge in [0.25, 0.3) is 0 Å². The summed E-state index contributed by atoms with van der Waals surface area (Å²) in [7, 11) is 0. The van der Waals surface area contributed by atoms with Crippen LogP contribution in [0.4, 0.5) is 5.69 Å². The minimum absolute atomic E-state index is 0.0450. The van der Waals surface area contributed by atoms with Crippen molar-refractivity contribution in [2.24, 2.45) is 5.92 Å². The minimum atomic E-state index is -0.0599. The van der Waals surface area contributed by atoms with Crippen LogP contribution in [0.5, 0.6) is 0 Å². The van der Waals surface area contributed by atoms with Gasteiger partial charge >= 0.3 is 5.97 Å². The Morgan fingerprint density at radius 3 is 2.56 bits per heavy atom. The molecule has 0 spiro atoms. The minimum Gasteiger partial charge on any atom is -0.461 e. The number of hydrogen-bond donors (Lipinski definition) is 1. The van der Waals surface area contributed by atoms with Crippen molar-refractivity contribution in [2.45, 2.75) is 32.3 Å². The van der Waals surface area contributed by atoms with E-state index in [-0.39, 0.29) is 18.0 Å². The average molecular weight is 219 g/mol. The Labute approximate surface area is 95.6 Å². The molecule has 1 aromatic carbocycles. The van der Waals surface area contributed by atoms with Gasteiger partial charge in [-0.25, -0.2) is 0 Å². The summed E-state index contributed by atoms with van der Waals surface area (Å²) < 4.78 is 5.12. The maximum Gasteiger partial charge on any atom is 0.313 e. The number of nitrogen functional groups attached to an aromatic ring is 1. The van der Waals surface area contributed by atoms with E-state index in [0.29, 0.717) is 0 Å². The topological polar surface area (TPSA) is 52.3 Å². The average Bonchev–Trinajstić information content (AvgIpc) is 2.28. The van der Waals surface area contributed by atoms with Gasteiger partial charge in [-0.3, -0.25) is 4.79 Å². The van der Waals surface area contributed by atoms with Crippen molar-refractivity contribution in [3.63, 3.8) is 0 Å². The Morgan fingerprint density at radius 1 is 1.31 bits per heavy atom. The van der Waals surface area contributed by atoms with Crippen LogP contribution in [0.25, 0.3) is 0 Å². The number of nitrogens with two attached hydrogens (primary N) is 1. The molecule has 1 aliphatic heterocycles. The third kappa shape index (κ3) is 2.18. The van der Waals surface area contributed by atoms with E-state index in [9.17, 15) is 4.79 Å². The highest BCUT2D eigenvalue weighted by molar-refractivity contribution is 5.78. The molecule has 1 aromatic rings. The smallest absolute Gasteiger partial charge is 0.313 e. The summed E-state index contributed by atoms with van der Waals surface area (Å²) in [5.41, 5.74) is 7.52. The fourth-order valence-corrected chi connectivity index (χ4v) is 2.07. The molecule has 86 valence electrons. The van der Waals surface area contributed by atoms with Crippen LogP contribution in [0.3, 0.4) is 0 Å². The van der Waals surface area contributed by atoms with E-state index in [2.05, 4.69) is 6.92 Å². The molecule has 1 heterocycles. The number of hydrogen-bond acceptors (Lipinski definition) is 3. The zero-order chi connectivity index (χ0) is 11.5. The highest BCUT2D eigenvalue weighted by atomic mass is 16.6. The maximum atomic E-state index is 11.3. The Hall–Kier alpha value is -1.51. The monoisotopic (exact) mass is 219 g/mol. The van der Waals surface area contributed by atoms with Gasteiger partial charge in [0.2, 0.25) is 0 Å². The molecule has 2 atom stereocenters. The van der Waals surface area contributed by atoms with Gasteiger partial charge in [0.05, 0.1) is 5.92 Å². The van der Waals surface area contributed by atoms with Gasteiger partial charge in [-0.05, 0) is 30.5 Å². The van der Waals surface area contributed by atoms with Gasteiger partial charge in [0.15, 0.2) is 0 Å². The van der Waals surface area contributed by atoms with Gasteiger partial charge in [0.1, 0.15) is 6.10 Å². The third-order valence-corrected chi connectivity index (χ3v) is 3.03. The molecular weight excluding hydrogens is 202 g/mol. The van der Waals surface area contributed by atoms with E-state index in [0.717, 1.165) is 30.5 Å². The molecule has 0 aliphatic carbocycles. The third-order valence-electron chi connectivity index (χ3n) is 3.03. The zero-order valence-electron chi connectivity index (χ0n) is 9.48. The summed E-state index contributed by atoms with van der Waals surface area (Å²) in [6.45, 7) is 2.10. The van der Waals surface area contributed by atoms with Crippen molar-refractivity contribution in [3.8, 4) is 0 Å². The molecule has 2 N–H and O–H groups in total. The van der Waals surface area contributed by atoms with Crippen LogP contribution >= 0.6 is 0 Å². The van der Waals surface area contributed by atoms with Gasteiger partial charge in [0, 0.05) is 5.69 Å². The van der Waals surface area contributed by atoms with Crippen LogP contribution in [0.15, 0.2) is 24.3 Å². The number of cyclic esters (lactones) is 1. The summed E-state index contributed by atoms with van der Waals surface area (Å²) >= 11 is 0. The van der Waals surface area contributed by atoms with Crippen LogP contribution in [0.1, 0.15) is 25.3 Å². The van der Waals surface area contributed by atoms with E-state index in [1.165, 1.54) is 0 Å². The molecule has 3 heteroatoms. The Balaban J connectivity index is 1.98. The second kappa shape index (κ2) is 4.56. The molecule has 0 aromatic heterocycles. The molecule has 0 saturated carbocycles. The number of rotatable bonds is 4. The quantitative estimate of drug-likeness (QED) is 0.623. The number of esters is 1. The fraction of sp³-hybridized carbons (Fsp3) is 0.462. The molecule has 0 radical (unpaired) electrons. The van der Waals surface area contributed by atoms with Crippen LogP contribution in [0.2, 0.25) is 0 Å². The number of benzene rings is 1. The summed E-state index contributed by atoms with van der Waals surface area (Å²) in [5, 5.41) is 0. The molecule has 3 nitrogen and oxygen atoms in total. The van der Waals surface area contributed by atoms with Crippen molar-refractivity contribution in [1.29, 1.82) is 0 Å². The summed E-state index contributed by atoms with van der Waals surface area (Å²) in [6.07, 6.45) is 2.90. The number of anilines is 1. The van der Waals surface area contributed by atoms with Crippen LogP contribution in [-0.2, 0) is 16.0 Å². The maximum absolute atomic E-state index is 11.3. The van der Waals surface area contributed by atoms with E-state index in [1.54, 1.807) is 0 Å². The summed E-state index contributed by atoms with van der Waals surface area (Å²) in [4.78, 5) is 11.3. The first-order valence-corrected chi connectivity index (χ1v) is 5.75. The number of carbonyl (C=O) groups is 1. The van der Waals surface area contributed by atoms with Crippen LogP contribution < -0.4 is 5.73 Å².